The number of nitrogens with one attached hydrogen (secondary N) is 1. The van der Waals surface area contributed by atoms with Gasteiger partial charge in [-0.15, -0.1) is 11.8 Å². The molecule has 0 aliphatic carbocycles. The molecule has 3 nitrogen and oxygen atoms in total. The van der Waals surface area contributed by atoms with E-state index in [4.69, 9.17) is 11.6 Å². The average molecular weight is 260 g/mol. The fraction of sp³-hybridized carbons (Fsp3) is 0.545. The molecular formula is C11H18ClN3S. The maximum Gasteiger partial charge on any atom is 0.115 e. The number of hydrogen-bond acceptors (Lipinski definition) is 4. The molecule has 0 saturated heterocycles. The quantitative estimate of drug-likeness (QED) is 0.599. The fourth-order valence-electron chi connectivity index (χ4n) is 1.12. The van der Waals surface area contributed by atoms with Crippen molar-refractivity contribution in [3.8, 4) is 0 Å². The molecule has 0 radical (unpaired) electrons. The van der Waals surface area contributed by atoms with Crippen molar-refractivity contribution < 1.29 is 0 Å². The molecule has 0 unspecified atom stereocenters. The summed E-state index contributed by atoms with van der Waals surface area (Å²) in [6.45, 7) is 3.06. The van der Waals surface area contributed by atoms with Gasteiger partial charge in [0.2, 0.25) is 0 Å². The zero-order valence-electron chi connectivity index (χ0n) is 9.74. The number of halogens is 1. The second-order valence-electron chi connectivity index (χ2n) is 3.69. The van der Waals surface area contributed by atoms with Crippen LogP contribution < -0.4 is 5.32 Å². The van der Waals surface area contributed by atoms with E-state index >= 15 is 0 Å². The first-order chi connectivity index (χ1) is 7.70. The van der Waals surface area contributed by atoms with E-state index in [2.05, 4.69) is 29.3 Å². The van der Waals surface area contributed by atoms with Crippen LogP contribution in [0, 0.1) is 0 Å². The van der Waals surface area contributed by atoms with Gasteiger partial charge in [0.15, 0.2) is 0 Å². The van der Waals surface area contributed by atoms with Crippen LogP contribution in [-0.2, 0) is 0 Å². The summed E-state index contributed by atoms with van der Waals surface area (Å²) >= 11 is 7.68. The lowest BCUT2D eigenvalue weighted by Gasteiger charge is -2.10. The molecule has 1 N–H and O–H groups in total. The Kier molecular flexibility index (Phi) is 6.80. The number of aromatic nitrogens is 1. The lowest BCUT2D eigenvalue weighted by atomic mass is 10.5. The van der Waals surface area contributed by atoms with E-state index in [9.17, 15) is 0 Å². The number of nitrogens with zero attached hydrogens (tertiary/aromatic N) is 2. The Hall–Kier alpha value is -0.290. The summed E-state index contributed by atoms with van der Waals surface area (Å²) in [7, 11) is 4.15. The molecule has 0 aliphatic rings. The molecule has 90 valence electrons. The molecule has 0 saturated carbocycles. The number of hydrogen-bond donors (Lipinski definition) is 1. The van der Waals surface area contributed by atoms with Crippen molar-refractivity contribution in [2.24, 2.45) is 0 Å². The molecule has 0 aromatic carbocycles. The zero-order valence-corrected chi connectivity index (χ0v) is 11.3. The normalized spacial score (nSPS) is 11.0. The van der Waals surface area contributed by atoms with Gasteiger partial charge in [-0.3, -0.25) is 0 Å². The summed E-state index contributed by atoms with van der Waals surface area (Å²) in [6, 6.07) is 3.72. The minimum absolute atomic E-state index is 0.737. The van der Waals surface area contributed by atoms with E-state index in [1.807, 2.05) is 12.1 Å². The van der Waals surface area contributed by atoms with Gasteiger partial charge in [0.1, 0.15) is 5.03 Å². The number of pyridine rings is 1. The number of likely N-dealkylation sites (N-methyl/N-ethyl adjacent to an activating group) is 1. The summed E-state index contributed by atoms with van der Waals surface area (Å²) in [6.07, 6.45) is 1.77. The molecule has 0 amide bonds. The van der Waals surface area contributed by atoms with E-state index in [0.717, 1.165) is 35.4 Å². The minimum atomic E-state index is 0.737. The van der Waals surface area contributed by atoms with E-state index in [1.165, 1.54) is 0 Å². The Bertz CT molecular complexity index is 307. The molecule has 1 aromatic heterocycles. The van der Waals surface area contributed by atoms with Crippen LogP contribution in [0.1, 0.15) is 0 Å². The van der Waals surface area contributed by atoms with Crippen LogP contribution in [0.3, 0.4) is 0 Å². The van der Waals surface area contributed by atoms with Gasteiger partial charge in [-0.05, 0) is 26.2 Å². The third-order valence-electron chi connectivity index (χ3n) is 1.98. The van der Waals surface area contributed by atoms with Gasteiger partial charge in [-0.25, -0.2) is 4.98 Å². The molecule has 0 atom stereocenters. The van der Waals surface area contributed by atoms with Crippen LogP contribution in [0.2, 0.25) is 5.02 Å². The van der Waals surface area contributed by atoms with Crippen molar-refractivity contribution >= 4 is 23.4 Å². The summed E-state index contributed by atoms with van der Waals surface area (Å²) in [5, 5.41) is 5.03. The summed E-state index contributed by atoms with van der Waals surface area (Å²) in [4.78, 5) is 6.38. The molecule has 0 fully saturated rings. The Morgan fingerprint density at radius 3 is 2.94 bits per heavy atom. The first kappa shape index (κ1) is 13.8. The van der Waals surface area contributed by atoms with Gasteiger partial charge in [0.25, 0.3) is 0 Å². The molecule has 5 heteroatoms. The van der Waals surface area contributed by atoms with Crippen molar-refractivity contribution in [3.05, 3.63) is 23.4 Å². The third-order valence-corrected chi connectivity index (χ3v) is 3.40. The van der Waals surface area contributed by atoms with E-state index < -0.39 is 0 Å². The largest absolute Gasteiger partial charge is 0.315 e. The maximum absolute atomic E-state index is 6.00. The molecular weight excluding hydrogens is 242 g/mol. The Labute approximate surface area is 107 Å². The van der Waals surface area contributed by atoms with E-state index in [0.29, 0.717) is 0 Å². The Morgan fingerprint density at radius 2 is 2.25 bits per heavy atom. The topological polar surface area (TPSA) is 28.2 Å². The summed E-state index contributed by atoms with van der Waals surface area (Å²) in [5.41, 5.74) is 0. The lowest BCUT2D eigenvalue weighted by molar-refractivity contribution is 0.403. The van der Waals surface area contributed by atoms with E-state index in [1.54, 1.807) is 18.0 Å². The second kappa shape index (κ2) is 7.90. The van der Waals surface area contributed by atoms with Crippen LogP contribution in [0.15, 0.2) is 23.4 Å². The maximum atomic E-state index is 6.00. The predicted octanol–water partition coefficient (Wildman–Crippen LogP) is 1.98. The first-order valence-electron chi connectivity index (χ1n) is 5.29. The smallest absolute Gasteiger partial charge is 0.115 e. The second-order valence-corrected chi connectivity index (χ2v) is 5.18. The minimum Gasteiger partial charge on any atom is -0.315 e. The Balaban J connectivity index is 2.10. The third kappa shape index (κ3) is 5.70. The van der Waals surface area contributed by atoms with Crippen molar-refractivity contribution in [1.82, 2.24) is 15.2 Å². The van der Waals surface area contributed by atoms with Crippen molar-refractivity contribution in [2.45, 2.75) is 5.03 Å². The average Bonchev–Trinajstić information content (AvgIpc) is 2.25. The van der Waals surface area contributed by atoms with Gasteiger partial charge in [0.05, 0.1) is 5.02 Å². The van der Waals surface area contributed by atoms with Crippen molar-refractivity contribution in [1.29, 1.82) is 0 Å². The van der Waals surface area contributed by atoms with Crippen LogP contribution in [0.25, 0.3) is 0 Å². The van der Waals surface area contributed by atoms with Gasteiger partial charge in [0, 0.05) is 31.6 Å². The highest BCUT2D eigenvalue weighted by Gasteiger charge is 2.00. The molecule has 1 rings (SSSR count). The number of rotatable bonds is 7. The molecule has 0 aliphatic heterocycles. The SMILES string of the molecule is CN(C)CCNCCSc1ncccc1Cl. The molecule has 0 bridgehead atoms. The van der Waals surface area contributed by atoms with Crippen LogP contribution in [-0.4, -0.2) is 49.4 Å². The predicted molar refractivity (Wildman–Crippen MR) is 71.4 cm³/mol. The van der Waals surface area contributed by atoms with Crippen molar-refractivity contribution in [2.75, 3.05) is 39.5 Å². The first-order valence-corrected chi connectivity index (χ1v) is 6.65. The van der Waals surface area contributed by atoms with E-state index in [-0.39, 0.29) is 0 Å². The van der Waals surface area contributed by atoms with Crippen LogP contribution >= 0.6 is 23.4 Å². The summed E-state index contributed by atoms with van der Waals surface area (Å²) < 4.78 is 0. The zero-order chi connectivity index (χ0) is 11.8. The summed E-state index contributed by atoms with van der Waals surface area (Å²) in [5.74, 6) is 0.990. The van der Waals surface area contributed by atoms with Crippen LogP contribution in [0.4, 0.5) is 0 Å². The van der Waals surface area contributed by atoms with Gasteiger partial charge < -0.3 is 10.2 Å². The standard InChI is InChI=1S/C11H18ClN3S/c1-15(2)8-6-13-7-9-16-11-10(12)4-3-5-14-11/h3-5,13H,6-9H2,1-2H3. The number of thioether (sulfide) groups is 1. The monoisotopic (exact) mass is 259 g/mol. The van der Waals surface area contributed by atoms with Gasteiger partial charge in [-0.2, -0.15) is 0 Å². The molecule has 16 heavy (non-hydrogen) atoms. The Morgan fingerprint density at radius 1 is 1.44 bits per heavy atom. The highest BCUT2D eigenvalue weighted by molar-refractivity contribution is 7.99. The molecule has 1 aromatic rings. The fourth-order valence-corrected chi connectivity index (χ4v) is 2.19. The molecule has 0 spiro atoms. The highest BCUT2D eigenvalue weighted by atomic mass is 35.5. The van der Waals surface area contributed by atoms with Crippen molar-refractivity contribution in [3.63, 3.8) is 0 Å². The highest BCUT2D eigenvalue weighted by Crippen LogP contribution is 2.23. The lowest BCUT2D eigenvalue weighted by Crippen LogP contribution is -2.27. The van der Waals surface area contributed by atoms with Gasteiger partial charge >= 0.3 is 0 Å². The van der Waals surface area contributed by atoms with Gasteiger partial charge in [-0.1, -0.05) is 11.6 Å². The van der Waals surface area contributed by atoms with Crippen LogP contribution in [0.5, 0.6) is 0 Å². The molecule has 1 heterocycles.